The first kappa shape index (κ1) is 12.3. The number of aromatic nitrogens is 2. The highest BCUT2D eigenvalue weighted by Crippen LogP contribution is 2.36. The SMILES string of the molecule is CC1(C)CCC(Oc2nc3ccc(N)cc3[nH]2)CC1. The number of hydrogen-bond donors (Lipinski definition) is 2. The van der Waals surface area contributed by atoms with Crippen molar-refractivity contribution in [3.05, 3.63) is 18.2 Å². The lowest BCUT2D eigenvalue weighted by molar-refractivity contribution is 0.0918. The van der Waals surface area contributed by atoms with Crippen LogP contribution in [0.25, 0.3) is 11.0 Å². The monoisotopic (exact) mass is 259 g/mol. The van der Waals surface area contributed by atoms with Gasteiger partial charge in [-0.3, -0.25) is 0 Å². The second kappa shape index (κ2) is 4.44. The molecule has 4 heteroatoms. The van der Waals surface area contributed by atoms with Gasteiger partial charge in [0, 0.05) is 5.69 Å². The fourth-order valence-corrected chi connectivity index (χ4v) is 2.71. The molecule has 2 aromatic rings. The first-order chi connectivity index (χ1) is 9.02. The van der Waals surface area contributed by atoms with E-state index in [2.05, 4.69) is 23.8 Å². The maximum Gasteiger partial charge on any atom is 0.294 e. The Balaban J connectivity index is 1.72. The lowest BCUT2D eigenvalue weighted by atomic mass is 9.76. The molecular weight excluding hydrogens is 238 g/mol. The molecule has 0 radical (unpaired) electrons. The molecule has 0 spiro atoms. The number of ether oxygens (including phenoxy) is 1. The molecule has 0 bridgehead atoms. The van der Waals surface area contributed by atoms with Crippen LogP contribution in [-0.4, -0.2) is 16.1 Å². The van der Waals surface area contributed by atoms with E-state index in [-0.39, 0.29) is 6.10 Å². The number of nitrogen functional groups attached to an aromatic ring is 1. The fourth-order valence-electron chi connectivity index (χ4n) is 2.71. The number of nitrogens with one attached hydrogen (secondary N) is 1. The van der Waals surface area contributed by atoms with E-state index >= 15 is 0 Å². The topological polar surface area (TPSA) is 63.9 Å². The summed E-state index contributed by atoms with van der Waals surface area (Å²) in [4.78, 5) is 7.64. The lowest BCUT2D eigenvalue weighted by Gasteiger charge is -2.33. The van der Waals surface area contributed by atoms with E-state index < -0.39 is 0 Å². The first-order valence-corrected chi connectivity index (χ1v) is 6.94. The zero-order valence-corrected chi connectivity index (χ0v) is 11.6. The van der Waals surface area contributed by atoms with Crippen LogP contribution in [0.2, 0.25) is 0 Å². The summed E-state index contributed by atoms with van der Waals surface area (Å²) in [5.74, 6) is 0. The number of nitrogens with two attached hydrogens (primary N) is 1. The third-order valence-electron chi connectivity index (χ3n) is 4.05. The molecule has 19 heavy (non-hydrogen) atoms. The number of anilines is 1. The number of nitrogens with zero attached hydrogens (tertiary/aromatic N) is 1. The largest absolute Gasteiger partial charge is 0.461 e. The van der Waals surface area contributed by atoms with Gasteiger partial charge in [0.05, 0.1) is 11.0 Å². The second-order valence-corrected chi connectivity index (χ2v) is 6.30. The molecule has 0 unspecified atom stereocenters. The summed E-state index contributed by atoms with van der Waals surface area (Å²) in [6.45, 7) is 4.65. The predicted octanol–water partition coefficient (Wildman–Crippen LogP) is 3.49. The van der Waals surface area contributed by atoms with Gasteiger partial charge < -0.3 is 15.5 Å². The van der Waals surface area contributed by atoms with Crippen molar-refractivity contribution in [2.45, 2.75) is 45.6 Å². The minimum absolute atomic E-state index is 0.283. The minimum Gasteiger partial charge on any atom is -0.461 e. The standard InChI is InChI=1S/C15H21N3O/c1-15(2)7-5-11(6-8-15)19-14-17-12-4-3-10(16)9-13(12)18-14/h3-4,9,11H,5-8,16H2,1-2H3,(H,17,18). The van der Waals surface area contributed by atoms with Crippen LogP contribution in [0.1, 0.15) is 39.5 Å². The van der Waals surface area contributed by atoms with Gasteiger partial charge in [-0.25, -0.2) is 0 Å². The molecule has 1 aromatic heterocycles. The highest BCUT2D eigenvalue weighted by Gasteiger charge is 2.28. The van der Waals surface area contributed by atoms with Gasteiger partial charge in [-0.05, 0) is 49.3 Å². The van der Waals surface area contributed by atoms with Crippen LogP contribution in [0.5, 0.6) is 6.01 Å². The maximum absolute atomic E-state index is 5.97. The molecule has 3 rings (SSSR count). The van der Waals surface area contributed by atoms with E-state index in [1.807, 2.05) is 18.2 Å². The van der Waals surface area contributed by atoms with Crippen molar-refractivity contribution in [2.24, 2.45) is 5.41 Å². The van der Waals surface area contributed by atoms with Crippen molar-refractivity contribution >= 4 is 16.7 Å². The number of hydrogen-bond acceptors (Lipinski definition) is 3. The Kier molecular flexibility index (Phi) is 2.88. The lowest BCUT2D eigenvalue weighted by Crippen LogP contribution is -2.28. The minimum atomic E-state index is 0.283. The van der Waals surface area contributed by atoms with Crippen LogP contribution in [-0.2, 0) is 0 Å². The summed E-state index contributed by atoms with van der Waals surface area (Å²) in [5.41, 5.74) is 8.80. The molecule has 1 aliphatic carbocycles. The summed E-state index contributed by atoms with van der Waals surface area (Å²) in [7, 11) is 0. The van der Waals surface area contributed by atoms with Crippen LogP contribution >= 0.6 is 0 Å². The zero-order chi connectivity index (χ0) is 13.5. The van der Waals surface area contributed by atoms with E-state index in [0.717, 1.165) is 29.6 Å². The fraction of sp³-hybridized carbons (Fsp3) is 0.533. The highest BCUT2D eigenvalue weighted by molar-refractivity contribution is 5.79. The van der Waals surface area contributed by atoms with Gasteiger partial charge >= 0.3 is 0 Å². The molecule has 102 valence electrons. The molecule has 0 amide bonds. The zero-order valence-electron chi connectivity index (χ0n) is 11.6. The second-order valence-electron chi connectivity index (χ2n) is 6.30. The molecular formula is C15H21N3O. The molecule has 4 nitrogen and oxygen atoms in total. The number of H-pyrrole nitrogens is 1. The Hall–Kier alpha value is -1.71. The molecule has 1 fully saturated rings. The molecule has 3 N–H and O–H groups in total. The molecule has 1 saturated carbocycles. The van der Waals surface area contributed by atoms with Gasteiger partial charge in [0.25, 0.3) is 6.01 Å². The van der Waals surface area contributed by atoms with E-state index in [0.29, 0.717) is 11.4 Å². The van der Waals surface area contributed by atoms with Crippen molar-refractivity contribution in [3.63, 3.8) is 0 Å². The van der Waals surface area contributed by atoms with Gasteiger partial charge in [-0.1, -0.05) is 13.8 Å². The van der Waals surface area contributed by atoms with Gasteiger partial charge in [0.2, 0.25) is 0 Å². The highest BCUT2D eigenvalue weighted by atomic mass is 16.5. The van der Waals surface area contributed by atoms with Crippen LogP contribution in [0.15, 0.2) is 18.2 Å². The third kappa shape index (κ3) is 2.67. The Morgan fingerprint density at radius 3 is 2.79 bits per heavy atom. The van der Waals surface area contributed by atoms with E-state index in [1.54, 1.807) is 0 Å². The third-order valence-corrected chi connectivity index (χ3v) is 4.05. The summed E-state index contributed by atoms with van der Waals surface area (Å²) < 4.78 is 5.97. The predicted molar refractivity (Wildman–Crippen MR) is 77.2 cm³/mol. The van der Waals surface area contributed by atoms with Crippen molar-refractivity contribution in [1.82, 2.24) is 9.97 Å². The average Bonchev–Trinajstić information content (AvgIpc) is 2.73. The molecule has 0 atom stereocenters. The van der Waals surface area contributed by atoms with E-state index in [4.69, 9.17) is 10.5 Å². The Bertz CT molecular complexity index is 578. The molecule has 0 aliphatic heterocycles. The van der Waals surface area contributed by atoms with Crippen molar-refractivity contribution in [3.8, 4) is 6.01 Å². The van der Waals surface area contributed by atoms with Crippen molar-refractivity contribution in [1.29, 1.82) is 0 Å². The summed E-state index contributed by atoms with van der Waals surface area (Å²) in [5, 5.41) is 0. The molecule has 1 aromatic carbocycles. The normalized spacial score (nSPS) is 19.7. The van der Waals surface area contributed by atoms with Gasteiger partial charge in [0.15, 0.2) is 0 Å². The summed E-state index contributed by atoms with van der Waals surface area (Å²) >= 11 is 0. The van der Waals surface area contributed by atoms with Crippen LogP contribution in [0.3, 0.4) is 0 Å². The van der Waals surface area contributed by atoms with Crippen LogP contribution in [0, 0.1) is 5.41 Å². The summed E-state index contributed by atoms with van der Waals surface area (Å²) in [6.07, 6.45) is 4.92. The number of aromatic amines is 1. The van der Waals surface area contributed by atoms with E-state index in [9.17, 15) is 0 Å². The quantitative estimate of drug-likeness (QED) is 0.811. The molecule has 1 heterocycles. The Labute approximate surface area is 113 Å². The molecule has 1 aliphatic rings. The van der Waals surface area contributed by atoms with E-state index in [1.165, 1.54) is 12.8 Å². The number of rotatable bonds is 2. The Morgan fingerprint density at radius 1 is 1.32 bits per heavy atom. The van der Waals surface area contributed by atoms with Crippen molar-refractivity contribution in [2.75, 3.05) is 5.73 Å². The van der Waals surface area contributed by atoms with Crippen LogP contribution < -0.4 is 10.5 Å². The molecule has 0 saturated heterocycles. The van der Waals surface area contributed by atoms with Gasteiger partial charge in [-0.2, -0.15) is 4.98 Å². The average molecular weight is 259 g/mol. The summed E-state index contributed by atoms with van der Waals surface area (Å²) in [6, 6.07) is 6.28. The first-order valence-electron chi connectivity index (χ1n) is 6.94. The number of benzene rings is 1. The van der Waals surface area contributed by atoms with Crippen LogP contribution in [0.4, 0.5) is 5.69 Å². The number of fused-ring (bicyclic) bond motifs is 1. The van der Waals surface area contributed by atoms with Gasteiger partial charge in [-0.15, -0.1) is 0 Å². The Morgan fingerprint density at radius 2 is 2.05 bits per heavy atom. The maximum atomic E-state index is 5.97. The van der Waals surface area contributed by atoms with Crippen molar-refractivity contribution < 1.29 is 4.74 Å². The number of imidazole rings is 1. The van der Waals surface area contributed by atoms with Gasteiger partial charge in [0.1, 0.15) is 6.10 Å². The smallest absolute Gasteiger partial charge is 0.294 e.